The van der Waals surface area contributed by atoms with Crippen LogP contribution in [0.3, 0.4) is 0 Å². The van der Waals surface area contributed by atoms with Crippen LogP contribution in [0.1, 0.15) is 20.3 Å². The molecule has 1 nitrogen and oxygen atoms in total. The third-order valence-electron chi connectivity index (χ3n) is 0.964. The van der Waals surface area contributed by atoms with E-state index in [1.807, 2.05) is 19.9 Å². The van der Waals surface area contributed by atoms with Crippen LogP contribution in [0.2, 0.25) is 0 Å². The van der Waals surface area contributed by atoms with Crippen LogP contribution in [0.4, 0.5) is 0 Å². The van der Waals surface area contributed by atoms with Gasteiger partial charge in [-0.15, -0.1) is 0 Å². The van der Waals surface area contributed by atoms with Crippen LogP contribution in [-0.2, 0) is 0 Å². The molecule has 0 aliphatic rings. The molecule has 0 radical (unpaired) electrons. The topological polar surface area (TPSA) is 23.9 Å². The summed E-state index contributed by atoms with van der Waals surface area (Å²) in [5, 5.41) is 6.77. The highest BCUT2D eigenvalue weighted by atomic mass is 14.3. The van der Waals surface area contributed by atoms with Gasteiger partial charge < -0.3 is 5.41 Å². The molecule has 0 saturated carbocycles. The summed E-state index contributed by atoms with van der Waals surface area (Å²) in [6, 6.07) is 0. The van der Waals surface area contributed by atoms with Gasteiger partial charge in [0.05, 0.1) is 0 Å². The first-order valence-corrected chi connectivity index (χ1v) is 2.50. The summed E-state index contributed by atoms with van der Waals surface area (Å²) in [6.07, 6.45) is 4.31. The largest absolute Gasteiger partial charge is 0.308 e. The van der Waals surface area contributed by atoms with Crippen molar-refractivity contribution in [3.8, 4) is 0 Å². The first kappa shape index (κ1) is 6.41. The van der Waals surface area contributed by atoms with Crippen molar-refractivity contribution in [3.63, 3.8) is 0 Å². The second kappa shape index (κ2) is 3.59. The van der Waals surface area contributed by atoms with Gasteiger partial charge in [0, 0.05) is 6.21 Å². The highest BCUT2D eigenvalue weighted by Gasteiger charge is 1.79. The second-order valence-electron chi connectivity index (χ2n) is 1.36. The van der Waals surface area contributed by atoms with Crippen molar-refractivity contribution in [2.75, 3.05) is 0 Å². The van der Waals surface area contributed by atoms with Gasteiger partial charge in [-0.3, -0.25) is 0 Å². The standard InChI is InChI=1S/C6H11N/c1-3-6(4-2)5-7/h3,5,7H,4H2,1-2H3. The fourth-order valence-corrected chi connectivity index (χ4v) is 0.390. The van der Waals surface area contributed by atoms with Gasteiger partial charge in [0.25, 0.3) is 0 Å². The summed E-state index contributed by atoms with van der Waals surface area (Å²) in [5.74, 6) is 0. The van der Waals surface area contributed by atoms with Crippen molar-refractivity contribution < 1.29 is 0 Å². The molecule has 0 saturated heterocycles. The molecule has 0 aromatic heterocycles. The summed E-state index contributed by atoms with van der Waals surface area (Å²) in [6.45, 7) is 3.99. The van der Waals surface area contributed by atoms with Crippen LogP contribution in [-0.4, -0.2) is 6.21 Å². The molecule has 7 heavy (non-hydrogen) atoms. The molecular formula is C6H11N. The Balaban J connectivity index is 3.60. The van der Waals surface area contributed by atoms with Gasteiger partial charge in [-0.2, -0.15) is 0 Å². The minimum atomic E-state index is 0.972. The van der Waals surface area contributed by atoms with Gasteiger partial charge >= 0.3 is 0 Å². The van der Waals surface area contributed by atoms with Gasteiger partial charge in [-0.25, -0.2) is 0 Å². The maximum atomic E-state index is 6.77. The molecule has 1 heteroatoms. The van der Waals surface area contributed by atoms with E-state index in [4.69, 9.17) is 5.41 Å². The zero-order chi connectivity index (χ0) is 5.70. The Labute approximate surface area is 44.6 Å². The number of rotatable bonds is 2. The molecule has 0 atom stereocenters. The molecule has 40 valence electrons. The predicted octanol–water partition coefficient (Wildman–Crippen LogP) is 1.99. The molecule has 0 unspecified atom stereocenters. The van der Waals surface area contributed by atoms with Gasteiger partial charge in [0.15, 0.2) is 0 Å². The van der Waals surface area contributed by atoms with E-state index in [0.29, 0.717) is 0 Å². The lowest BCUT2D eigenvalue weighted by molar-refractivity contribution is 1.17. The molecule has 0 fully saturated rings. The average molecular weight is 97.2 g/mol. The highest BCUT2D eigenvalue weighted by molar-refractivity contribution is 5.75. The maximum absolute atomic E-state index is 6.77. The third kappa shape index (κ3) is 2.15. The monoisotopic (exact) mass is 97.1 g/mol. The molecule has 0 heterocycles. The maximum Gasteiger partial charge on any atom is 0.0206 e. The Bertz CT molecular complexity index is 82.2. The quantitative estimate of drug-likeness (QED) is 0.509. The molecule has 0 rings (SSSR count). The minimum absolute atomic E-state index is 0.972. The first-order chi connectivity index (χ1) is 3.35. The van der Waals surface area contributed by atoms with Crippen molar-refractivity contribution in [2.24, 2.45) is 0 Å². The van der Waals surface area contributed by atoms with Crippen LogP contribution in [0.25, 0.3) is 0 Å². The van der Waals surface area contributed by atoms with Gasteiger partial charge in [0.1, 0.15) is 0 Å². The molecule has 0 spiro atoms. The van der Waals surface area contributed by atoms with E-state index >= 15 is 0 Å². The second-order valence-corrected chi connectivity index (χ2v) is 1.36. The number of hydrogen-bond donors (Lipinski definition) is 1. The fraction of sp³-hybridized carbons (Fsp3) is 0.500. The van der Waals surface area contributed by atoms with Crippen LogP contribution < -0.4 is 0 Å². The molecule has 0 bridgehead atoms. The fourth-order valence-electron chi connectivity index (χ4n) is 0.390. The van der Waals surface area contributed by atoms with Crippen molar-refractivity contribution in [1.82, 2.24) is 0 Å². The zero-order valence-corrected chi connectivity index (χ0v) is 4.86. The highest BCUT2D eigenvalue weighted by Crippen LogP contribution is 1.92. The van der Waals surface area contributed by atoms with Gasteiger partial charge in [0.2, 0.25) is 0 Å². The third-order valence-corrected chi connectivity index (χ3v) is 0.964. The summed E-state index contributed by atoms with van der Waals surface area (Å²) in [7, 11) is 0. The number of allylic oxidation sites excluding steroid dienone is 2. The smallest absolute Gasteiger partial charge is 0.0206 e. The lowest BCUT2D eigenvalue weighted by atomic mass is 10.2. The minimum Gasteiger partial charge on any atom is -0.308 e. The van der Waals surface area contributed by atoms with Gasteiger partial charge in [-0.1, -0.05) is 13.0 Å². The summed E-state index contributed by atoms with van der Waals surface area (Å²) < 4.78 is 0. The van der Waals surface area contributed by atoms with Crippen molar-refractivity contribution >= 4 is 6.21 Å². The average Bonchev–Trinajstić information content (AvgIpc) is 1.72. The molecule has 1 N–H and O–H groups in total. The molecule has 0 aromatic carbocycles. The lowest BCUT2D eigenvalue weighted by Gasteiger charge is -1.86. The van der Waals surface area contributed by atoms with Crippen LogP contribution in [0.15, 0.2) is 11.6 Å². The zero-order valence-electron chi connectivity index (χ0n) is 4.86. The van der Waals surface area contributed by atoms with Crippen molar-refractivity contribution in [2.45, 2.75) is 20.3 Å². The van der Waals surface area contributed by atoms with E-state index in [-0.39, 0.29) is 0 Å². The molecule has 0 aliphatic carbocycles. The van der Waals surface area contributed by atoms with E-state index in [1.54, 1.807) is 0 Å². The Morgan fingerprint density at radius 1 is 1.71 bits per heavy atom. The van der Waals surface area contributed by atoms with Crippen molar-refractivity contribution in [3.05, 3.63) is 11.6 Å². The molecule has 0 aromatic rings. The first-order valence-electron chi connectivity index (χ1n) is 2.50. The van der Waals surface area contributed by atoms with Crippen LogP contribution in [0.5, 0.6) is 0 Å². The molecular weight excluding hydrogens is 86.1 g/mol. The van der Waals surface area contributed by atoms with E-state index in [0.717, 1.165) is 12.0 Å². The lowest BCUT2D eigenvalue weighted by Crippen LogP contribution is -1.76. The van der Waals surface area contributed by atoms with E-state index in [1.165, 1.54) is 6.21 Å². The van der Waals surface area contributed by atoms with Gasteiger partial charge in [-0.05, 0) is 18.9 Å². The Morgan fingerprint density at radius 3 is 2.29 bits per heavy atom. The normalized spacial score (nSPS) is 11.4. The van der Waals surface area contributed by atoms with E-state index in [2.05, 4.69) is 0 Å². The Hall–Kier alpha value is -0.590. The SMILES string of the molecule is CC=C(C=N)CC. The summed E-state index contributed by atoms with van der Waals surface area (Å²) >= 11 is 0. The van der Waals surface area contributed by atoms with E-state index in [9.17, 15) is 0 Å². The number of nitrogens with one attached hydrogen (secondary N) is 1. The van der Waals surface area contributed by atoms with Crippen molar-refractivity contribution in [1.29, 1.82) is 5.41 Å². The van der Waals surface area contributed by atoms with Crippen LogP contribution >= 0.6 is 0 Å². The molecule has 0 aliphatic heterocycles. The van der Waals surface area contributed by atoms with Crippen LogP contribution in [0, 0.1) is 5.41 Å². The predicted molar refractivity (Wildman–Crippen MR) is 32.8 cm³/mol. The summed E-state index contributed by atoms with van der Waals surface area (Å²) in [5.41, 5.74) is 1.10. The van der Waals surface area contributed by atoms with E-state index < -0.39 is 0 Å². The molecule has 0 amide bonds. The number of hydrogen-bond acceptors (Lipinski definition) is 1. The summed E-state index contributed by atoms with van der Waals surface area (Å²) in [4.78, 5) is 0. The Morgan fingerprint density at radius 2 is 2.29 bits per heavy atom. The Kier molecular flexibility index (Phi) is 3.29.